The first-order valence-electron chi connectivity index (χ1n) is 2.34. The maximum Gasteiger partial charge on any atom is 0.169 e. The van der Waals surface area contributed by atoms with E-state index >= 15 is 0 Å². The van der Waals surface area contributed by atoms with Crippen molar-refractivity contribution in [3.05, 3.63) is 7.05 Å². The summed E-state index contributed by atoms with van der Waals surface area (Å²) in [7, 11) is 8.09. The van der Waals surface area contributed by atoms with Gasteiger partial charge in [0.05, 0.1) is 0 Å². The fraction of sp³-hybridized carbons (Fsp3) is 0.800. The molecule has 0 aliphatic carbocycles. The van der Waals surface area contributed by atoms with Crippen molar-refractivity contribution in [3.8, 4) is 0 Å². The van der Waals surface area contributed by atoms with Crippen molar-refractivity contribution in [2.24, 2.45) is 0 Å². The van der Waals surface area contributed by atoms with E-state index < -0.39 is 0 Å². The fourth-order valence-corrected chi connectivity index (χ4v) is 0.359. The van der Waals surface area contributed by atoms with Crippen molar-refractivity contribution in [1.82, 2.24) is 5.32 Å². The lowest BCUT2D eigenvalue weighted by molar-refractivity contribution is -0.0973. The summed E-state index contributed by atoms with van der Waals surface area (Å²) in [4.78, 5) is 0. The SMILES string of the molecule is [CH]NCC(OC)OC. The topological polar surface area (TPSA) is 30.5 Å². The number of hydrogen-bond donors (Lipinski definition) is 1. The molecule has 0 aromatic carbocycles. The normalized spacial score (nSPS) is 10.5. The van der Waals surface area contributed by atoms with Crippen molar-refractivity contribution in [3.63, 3.8) is 0 Å². The van der Waals surface area contributed by atoms with Gasteiger partial charge in [-0.3, -0.25) is 0 Å². The molecule has 0 atom stereocenters. The average molecular weight is 117 g/mol. The van der Waals surface area contributed by atoms with Crippen LogP contribution < -0.4 is 5.32 Å². The molecule has 0 aromatic rings. The van der Waals surface area contributed by atoms with Crippen molar-refractivity contribution in [1.29, 1.82) is 0 Å². The summed E-state index contributed by atoms with van der Waals surface area (Å²) in [6.45, 7) is 0.507. The number of rotatable bonds is 4. The molecule has 0 amide bonds. The molecular formula is C5H11NO2. The van der Waals surface area contributed by atoms with Gasteiger partial charge in [-0.25, -0.2) is 0 Å². The van der Waals surface area contributed by atoms with E-state index in [0.717, 1.165) is 0 Å². The Balaban J connectivity index is 3.07. The van der Waals surface area contributed by atoms with E-state index in [9.17, 15) is 0 Å². The van der Waals surface area contributed by atoms with Gasteiger partial charge in [0.15, 0.2) is 6.29 Å². The van der Waals surface area contributed by atoms with Gasteiger partial charge in [-0.1, -0.05) is 0 Å². The lowest BCUT2D eigenvalue weighted by atomic mass is 10.6. The molecular weight excluding hydrogens is 106 g/mol. The van der Waals surface area contributed by atoms with Crippen LogP contribution in [0.2, 0.25) is 0 Å². The molecule has 0 aliphatic heterocycles. The van der Waals surface area contributed by atoms with E-state index in [4.69, 9.17) is 16.5 Å². The first-order chi connectivity index (χ1) is 3.85. The van der Waals surface area contributed by atoms with Crippen LogP contribution in [0.5, 0.6) is 0 Å². The maximum atomic E-state index is 4.97. The Morgan fingerprint density at radius 2 is 2.00 bits per heavy atom. The zero-order valence-electron chi connectivity index (χ0n) is 5.18. The quantitative estimate of drug-likeness (QED) is 0.411. The molecule has 48 valence electrons. The molecule has 8 heavy (non-hydrogen) atoms. The van der Waals surface area contributed by atoms with Gasteiger partial charge < -0.3 is 14.8 Å². The van der Waals surface area contributed by atoms with Crippen LogP contribution in [0.15, 0.2) is 0 Å². The Morgan fingerprint density at radius 1 is 1.50 bits per heavy atom. The molecule has 0 unspecified atom stereocenters. The lowest BCUT2D eigenvalue weighted by Gasteiger charge is -2.10. The molecule has 0 aromatic heterocycles. The first-order valence-corrected chi connectivity index (χ1v) is 2.34. The molecule has 2 radical (unpaired) electrons. The molecule has 3 heteroatoms. The van der Waals surface area contributed by atoms with Gasteiger partial charge in [-0.15, -0.1) is 0 Å². The van der Waals surface area contributed by atoms with E-state index in [1.807, 2.05) is 0 Å². The van der Waals surface area contributed by atoms with E-state index in [2.05, 4.69) is 5.32 Å². The predicted octanol–water partition coefficient (Wildman–Crippen LogP) is -0.137. The smallest absolute Gasteiger partial charge is 0.169 e. The highest BCUT2D eigenvalue weighted by molar-refractivity contribution is 4.45. The summed E-state index contributed by atoms with van der Waals surface area (Å²) < 4.78 is 9.55. The summed E-state index contributed by atoms with van der Waals surface area (Å²) in [5, 5.41) is 2.42. The first kappa shape index (κ1) is 7.88. The molecule has 0 saturated heterocycles. The fourth-order valence-electron chi connectivity index (χ4n) is 0.359. The van der Waals surface area contributed by atoms with E-state index in [1.165, 1.54) is 0 Å². The van der Waals surface area contributed by atoms with Crippen LogP contribution >= 0.6 is 0 Å². The lowest BCUT2D eigenvalue weighted by Crippen LogP contribution is -2.25. The molecule has 0 rings (SSSR count). The third-order valence-corrected chi connectivity index (χ3v) is 0.810. The highest BCUT2D eigenvalue weighted by Gasteiger charge is 1.99. The largest absolute Gasteiger partial charge is 0.355 e. The second-order valence-electron chi connectivity index (χ2n) is 1.31. The van der Waals surface area contributed by atoms with Crippen LogP contribution in [-0.4, -0.2) is 27.1 Å². The Kier molecular flexibility index (Phi) is 4.95. The minimum Gasteiger partial charge on any atom is -0.355 e. The van der Waals surface area contributed by atoms with Crippen LogP contribution in [0.3, 0.4) is 0 Å². The van der Waals surface area contributed by atoms with Gasteiger partial charge in [0.25, 0.3) is 0 Å². The zero-order chi connectivity index (χ0) is 6.41. The second-order valence-corrected chi connectivity index (χ2v) is 1.31. The number of nitrogens with one attached hydrogen (secondary N) is 1. The zero-order valence-corrected chi connectivity index (χ0v) is 5.18. The molecule has 0 spiro atoms. The maximum absolute atomic E-state index is 4.97. The molecule has 3 nitrogen and oxygen atoms in total. The van der Waals surface area contributed by atoms with E-state index in [1.54, 1.807) is 14.2 Å². The standard InChI is InChI=1S/C5H11NO2/c1-6-4-5(7-2)8-3/h1,5-6H,4H2,2-3H3. The van der Waals surface area contributed by atoms with Crippen LogP contribution in [0.1, 0.15) is 0 Å². The van der Waals surface area contributed by atoms with Gasteiger partial charge in [-0.05, 0) is 0 Å². The number of methoxy groups -OCH3 is 2. The van der Waals surface area contributed by atoms with Gasteiger partial charge >= 0.3 is 0 Å². The van der Waals surface area contributed by atoms with E-state index in [-0.39, 0.29) is 6.29 Å². The molecule has 0 aliphatic rings. The number of hydrogen-bond acceptors (Lipinski definition) is 3. The van der Waals surface area contributed by atoms with Gasteiger partial charge in [-0.2, -0.15) is 0 Å². The monoisotopic (exact) mass is 117 g/mol. The van der Waals surface area contributed by atoms with Crippen LogP contribution in [0, 0.1) is 7.05 Å². The summed E-state index contributed by atoms with van der Waals surface area (Å²) in [6.07, 6.45) is -0.236. The number of ether oxygens (including phenoxy) is 2. The third kappa shape index (κ3) is 2.96. The van der Waals surface area contributed by atoms with Crippen LogP contribution in [0.4, 0.5) is 0 Å². The summed E-state index contributed by atoms with van der Waals surface area (Å²) in [5.41, 5.74) is 0. The molecule has 0 saturated carbocycles. The molecule has 0 heterocycles. The highest BCUT2D eigenvalue weighted by Crippen LogP contribution is 1.85. The van der Waals surface area contributed by atoms with Crippen LogP contribution in [0.25, 0.3) is 0 Å². The average Bonchev–Trinajstić information content (AvgIpc) is 1.83. The van der Waals surface area contributed by atoms with Crippen molar-refractivity contribution >= 4 is 0 Å². The van der Waals surface area contributed by atoms with Gasteiger partial charge in [0, 0.05) is 27.8 Å². The molecule has 1 N–H and O–H groups in total. The third-order valence-electron chi connectivity index (χ3n) is 0.810. The van der Waals surface area contributed by atoms with Crippen molar-refractivity contribution in [2.45, 2.75) is 6.29 Å². The minimum atomic E-state index is -0.236. The Bertz CT molecular complexity index is 45.7. The summed E-state index contributed by atoms with van der Waals surface area (Å²) in [6, 6.07) is 0. The Labute approximate surface area is 50.0 Å². The van der Waals surface area contributed by atoms with Crippen LogP contribution in [-0.2, 0) is 9.47 Å². The molecule has 0 fully saturated rings. The highest BCUT2D eigenvalue weighted by atomic mass is 16.7. The van der Waals surface area contributed by atoms with E-state index in [0.29, 0.717) is 6.54 Å². The second kappa shape index (κ2) is 5.03. The summed E-state index contributed by atoms with van der Waals surface area (Å²) in [5.74, 6) is 0. The Hall–Kier alpha value is -0.120. The van der Waals surface area contributed by atoms with Gasteiger partial charge in [0.1, 0.15) is 0 Å². The van der Waals surface area contributed by atoms with Crippen molar-refractivity contribution < 1.29 is 9.47 Å². The van der Waals surface area contributed by atoms with Gasteiger partial charge in [0.2, 0.25) is 0 Å². The Morgan fingerprint density at radius 3 is 2.12 bits per heavy atom. The summed E-state index contributed by atoms with van der Waals surface area (Å²) >= 11 is 0. The predicted molar refractivity (Wildman–Crippen MR) is 30.1 cm³/mol. The van der Waals surface area contributed by atoms with Crippen molar-refractivity contribution in [2.75, 3.05) is 20.8 Å². The minimum absolute atomic E-state index is 0.236. The molecule has 0 bridgehead atoms.